The van der Waals surface area contributed by atoms with E-state index < -0.39 is 0 Å². The molecule has 1 heteroatoms. The molecular formula is C17H25N. The number of piperidine rings is 2. The van der Waals surface area contributed by atoms with E-state index in [1.165, 1.54) is 63.6 Å². The second-order valence-electron chi connectivity index (χ2n) is 6.03. The van der Waals surface area contributed by atoms with Crippen molar-refractivity contribution in [2.45, 2.75) is 51.0 Å². The SMILES string of the molecule is c1ccc(CC[C@@H]2CCCN3CCCC[C@H]23)cc1. The van der Waals surface area contributed by atoms with Crippen molar-refractivity contribution in [1.29, 1.82) is 0 Å². The second kappa shape index (κ2) is 5.88. The summed E-state index contributed by atoms with van der Waals surface area (Å²) in [5, 5.41) is 0. The maximum atomic E-state index is 2.78. The Labute approximate surface area is 111 Å². The van der Waals surface area contributed by atoms with Gasteiger partial charge < -0.3 is 4.90 Å². The highest BCUT2D eigenvalue weighted by atomic mass is 15.2. The molecule has 2 aliphatic rings. The average Bonchev–Trinajstić information content (AvgIpc) is 2.46. The van der Waals surface area contributed by atoms with E-state index in [1.54, 1.807) is 0 Å². The number of aryl methyl sites for hydroxylation is 1. The van der Waals surface area contributed by atoms with Crippen molar-refractivity contribution in [2.24, 2.45) is 5.92 Å². The molecule has 2 saturated heterocycles. The zero-order valence-electron chi connectivity index (χ0n) is 11.4. The van der Waals surface area contributed by atoms with Crippen LogP contribution in [0.15, 0.2) is 30.3 Å². The molecular weight excluding hydrogens is 218 g/mol. The van der Waals surface area contributed by atoms with E-state index in [-0.39, 0.29) is 0 Å². The van der Waals surface area contributed by atoms with Crippen LogP contribution in [-0.4, -0.2) is 24.0 Å². The summed E-state index contributed by atoms with van der Waals surface area (Å²) in [4.78, 5) is 2.78. The fourth-order valence-electron chi connectivity index (χ4n) is 3.91. The molecule has 0 amide bonds. The van der Waals surface area contributed by atoms with Crippen LogP contribution in [0.25, 0.3) is 0 Å². The Bertz CT molecular complexity index is 357. The first-order valence-corrected chi connectivity index (χ1v) is 7.71. The minimum atomic E-state index is 0.913. The topological polar surface area (TPSA) is 3.24 Å². The van der Waals surface area contributed by atoms with Crippen molar-refractivity contribution in [3.63, 3.8) is 0 Å². The molecule has 98 valence electrons. The van der Waals surface area contributed by atoms with E-state index in [4.69, 9.17) is 0 Å². The lowest BCUT2D eigenvalue weighted by atomic mass is 9.80. The molecule has 0 bridgehead atoms. The van der Waals surface area contributed by atoms with Gasteiger partial charge in [0.25, 0.3) is 0 Å². The molecule has 1 aromatic rings. The van der Waals surface area contributed by atoms with E-state index in [2.05, 4.69) is 35.2 Å². The molecule has 0 spiro atoms. The molecule has 2 aliphatic heterocycles. The molecule has 0 N–H and O–H groups in total. The summed E-state index contributed by atoms with van der Waals surface area (Å²) in [5.41, 5.74) is 1.52. The zero-order chi connectivity index (χ0) is 12.2. The Morgan fingerprint density at radius 1 is 0.944 bits per heavy atom. The van der Waals surface area contributed by atoms with E-state index in [0.717, 1.165) is 12.0 Å². The van der Waals surface area contributed by atoms with Gasteiger partial charge in [0, 0.05) is 6.04 Å². The lowest BCUT2D eigenvalue weighted by Gasteiger charge is -2.44. The quantitative estimate of drug-likeness (QED) is 0.778. The summed E-state index contributed by atoms with van der Waals surface area (Å²) in [6.07, 6.45) is 9.91. The Kier molecular flexibility index (Phi) is 3.99. The van der Waals surface area contributed by atoms with Crippen molar-refractivity contribution in [3.8, 4) is 0 Å². The van der Waals surface area contributed by atoms with Crippen LogP contribution in [0.2, 0.25) is 0 Å². The van der Waals surface area contributed by atoms with Crippen molar-refractivity contribution < 1.29 is 0 Å². The molecule has 1 aromatic carbocycles. The van der Waals surface area contributed by atoms with Gasteiger partial charge in [-0.15, -0.1) is 0 Å². The van der Waals surface area contributed by atoms with Crippen LogP contribution >= 0.6 is 0 Å². The summed E-state index contributed by atoms with van der Waals surface area (Å²) in [5.74, 6) is 0.958. The van der Waals surface area contributed by atoms with Crippen molar-refractivity contribution in [2.75, 3.05) is 13.1 Å². The van der Waals surface area contributed by atoms with Crippen LogP contribution in [0.3, 0.4) is 0 Å². The van der Waals surface area contributed by atoms with Gasteiger partial charge in [0.1, 0.15) is 0 Å². The maximum absolute atomic E-state index is 2.78. The van der Waals surface area contributed by atoms with Gasteiger partial charge in [-0.05, 0) is 63.1 Å². The molecule has 0 unspecified atom stereocenters. The van der Waals surface area contributed by atoms with E-state index >= 15 is 0 Å². The Morgan fingerprint density at radius 2 is 1.78 bits per heavy atom. The predicted octanol–water partition coefficient (Wildman–Crippen LogP) is 3.88. The van der Waals surface area contributed by atoms with Crippen LogP contribution in [0.5, 0.6) is 0 Å². The summed E-state index contributed by atoms with van der Waals surface area (Å²) < 4.78 is 0. The Balaban J connectivity index is 1.58. The highest BCUT2D eigenvalue weighted by Crippen LogP contribution is 2.33. The van der Waals surface area contributed by atoms with Gasteiger partial charge in [0.05, 0.1) is 0 Å². The second-order valence-corrected chi connectivity index (χ2v) is 6.03. The summed E-state index contributed by atoms with van der Waals surface area (Å²) in [7, 11) is 0. The predicted molar refractivity (Wildman–Crippen MR) is 76.7 cm³/mol. The first-order chi connectivity index (χ1) is 8.93. The largest absolute Gasteiger partial charge is 0.300 e. The van der Waals surface area contributed by atoms with Crippen molar-refractivity contribution >= 4 is 0 Å². The lowest BCUT2D eigenvalue weighted by molar-refractivity contribution is 0.0560. The minimum absolute atomic E-state index is 0.913. The monoisotopic (exact) mass is 243 g/mol. The van der Waals surface area contributed by atoms with Crippen LogP contribution in [0, 0.1) is 5.92 Å². The fraction of sp³-hybridized carbons (Fsp3) is 0.647. The van der Waals surface area contributed by atoms with Gasteiger partial charge in [-0.1, -0.05) is 36.8 Å². The first kappa shape index (κ1) is 12.2. The molecule has 2 heterocycles. The summed E-state index contributed by atoms with van der Waals surface area (Å²) in [6, 6.07) is 11.9. The molecule has 18 heavy (non-hydrogen) atoms. The minimum Gasteiger partial charge on any atom is -0.300 e. The van der Waals surface area contributed by atoms with Crippen LogP contribution < -0.4 is 0 Å². The van der Waals surface area contributed by atoms with Gasteiger partial charge in [-0.2, -0.15) is 0 Å². The molecule has 1 nitrogen and oxygen atoms in total. The third-order valence-corrected chi connectivity index (χ3v) is 4.88. The van der Waals surface area contributed by atoms with Crippen LogP contribution in [0.1, 0.15) is 44.1 Å². The molecule has 3 rings (SSSR count). The first-order valence-electron chi connectivity index (χ1n) is 7.71. The van der Waals surface area contributed by atoms with E-state index in [0.29, 0.717) is 0 Å². The average molecular weight is 243 g/mol. The number of hydrogen-bond acceptors (Lipinski definition) is 1. The molecule has 0 aromatic heterocycles. The van der Waals surface area contributed by atoms with E-state index in [9.17, 15) is 0 Å². The maximum Gasteiger partial charge on any atom is 0.0124 e. The standard InChI is InChI=1S/C17H25N/c1-2-7-15(8-3-1)11-12-16-9-6-14-18-13-5-4-10-17(16)18/h1-3,7-8,16-17H,4-6,9-14H2/t16-,17+/m0/s1. The Hall–Kier alpha value is -0.820. The molecule has 0 aliphatic carbocycles. The lowest BCUT2D eigenvalue weighted by Crippen LogP contribution is -2.47. The van der Waals surface area contributed by atoms with Gasteiger partial charge >= 0.3 is 0 Å². The van der Waals surface area contributed by atoms with Crippen molar-refractivity contribution in [1.82, 2.24) is 4.90 Å². The normalized spacial score (nSPS) is 28.9. The zero-order valence-corrected chi connectivity index (χ0v) is 11.4. The molecule has 0 radical (unpaired) electrons. The number of fused-ring (bicyclic) bond motifs is 1. The van der Waals surface area contributed by atoms with Gasteiger partial charge in [-0.3, -0.25) is 0 Å². The highest BCUT2D eigenvalue weighted by molar-refractivity contribution is 5.14. The number of hydrogen-bond donors (Lipinski definition) is 0. The third-order valence-electron chi connectivity index (χ3n) is 4.88. The number of rotatable bonds is 3. The van der Waals surface area contributed by atoms with E-state index in [1.807, 2.05) is 0 Å². The van der Waals surface area contributed by atoms with Crippen LogP contribution in [0.4, 0.5) is 0 Å². The fourth-order valence-corrected chi connectivity index (χ4v) is 3.91. The number of nitrogens with zero attached hydrogens (tertiary/aromatic N) is 1. The van der Waals surface area contributed by atoms with Gasteiger partial charge in [-0.25, -0.2) is 0 Å². The molecule has 2 atom stereocenters. The summed E-state index contributed by atoms with van der Waals surface area (Å²) in [6.45, 7) is 2.74. The Morgan fingerprint density at radius 3 is 2.67 bits per heavy atom. The number of benzene rings is 1. The van der Waals surface area contributed by atoms with Crippen molar-refractivity contribution in [3.05, 3.63) is 35.9 Å². The van der Waals surface area contributed by atoms with Gasteiger partial charge in [0.2, 0.25) is 0 Å². The summed E-state index contributed by atoms with van der Waals surface area (Å²) >= 11 is 0. The molecule has 0 saturated carbocycles. The van der Waals surface area contributed by atoms with Crippen LogP contribution in [-0.2, 0) is 6.42 Å². The molecule has 2 fully saturated rings. The highest BCUT2D eigenvalue weighted by Gasteiger charge is 2.32. The third kappa shape index (κ3) is 2.77. The smallest absolute Gasteiger partial charge is 0.0124 e. The van der Waals surface area contributed by atoms with Gasteiger partial charge in [0.15, 0.2) is 0 Å².